The van der Waals surface area contributed by atoms with Gasteiger partial charge in [0.15, 0.2) is 0 Å². The molecule has 0 bridgehead atoms. The molecule has 1 aliphatic heterocycles. The first kappa shape index (κ1) is 19.2. The van der Waals surface area contributed by atoms with Crippen LogP contribution in [0.5, 0.6) is 0 Å². The van der Waals surface area contributed by atoms with Gasteiger partial charge in [-0.3, -0.25) is 0 Å². The second kappa shape index (κ2) is 7.69. The number of aromatic nitrogens is 1. The number of carboxylic acids is 1. The van der Waals surface area contributed by atoms with Crippen LogP contribution >= 0.6 is 23.4 Å². The van der Waals surface area contributed by atoms with Gasteiger partial charge < -0.3 is 9.67 Å². The maximum atomic E-state index is 12.0. The SMILES string of the molecule is CCC(C(=O)O)=C1CCCn2c1c(-c1ccc(Cl)cc1)c1c(SC)cccc12. The Morgan fingerprint density at radius 1 is 1.21 bits per heavy atom. The fourth-order valence-corrected chi connectivity index (χ4v) is 5.05. The van der Waals surface area contributed by atoms with E-state index in [2.05, 4.69) is 29.0 Å². The topological polar surface area (TPSA) is 42.2 Å². The summed E-state index contributed by atoms with van der Waals surface area (Å²) in [5.41, 5.74) is 5.91. The number of fused-ring (bicyclic) bond motifs is 3. The van der Waals surface area contributed by atoms with Crippen molar-refractivity contribution < 1.29 is 9.90 Å². The second-order valence-corrected chi connectivity index (χ2v) is 8.24. The number of carbonyl (C=O) groups is 1. The molecule has 0 fully saturated rings. The highest BCUT2D eigenvalue weighted by molar-refractivity contribution is 7.98. The summed E-state index contributed by atoms with van der Waals surface area (Å²) in [4.78, 5) is 13.2. The molecule has 4 rings (SSSR count). The Balaban J connectivity index is 2.17. The predicted molar refractivity (Wildman–Crippen MR) is 118 cm³/mol. The van der Waals surface area contributed by atoms with Crippen molar-refractivity contribution in [1.82, 2.24) is 4.57 Å². The lowest BCUT2D eigenvalue weighted by Crippen LogP contribution is -2.14. The highest BCUT2D eigenvalue weighted by Crippen LogP contribution is 2.46. The van der Waals surface area contributed by atoms with Gasteiger partial charge in [0.1, 0.15) is 0 Å². The minimum atomic E-state index is -0.816. The molecule has 0 unspecified atom stereocenters. The fourth-order valence-electron chi connectivity index (χ4n) is 4.30. The molecule has 0 radical (unpaired) electrons. The Bertz CT molecular complexity index is 1100. The Labute approximate surface area is 174 Å². The number of thioether (sulfide) groups is 1. The maximum Gasteiger partial charge on any atom is 0.331 e. The average Bonchev–Trinajstić information content (AvgIpc) is 3.04. The van der Waals surface area contributed by atoms with Crippen LogP contribution in [0.3, 0.4) is 0 Å². The molecule has 5 heteroatoms. The first-order valence-electron chi connectivity index (χ1n) is 9.47. The van der Waals surface area contributed by atoms with Crippen LogP contribution in [0.2, 0.25) is 5.02 Å². The number of hydrogen-bond acceptors (Lipinski definition) is 2. The number of aliphatic carboxylic acids is 1. The van der Waals surface area contributed by atoms with Crippen molar-refractivity contribution >= 4 is 45.8 Å². The number of rotatable bonds is 4. The van der Waals surface area contributed by atoms with E-state index in [9.17, 15) is 9.90 Å². The average molecular weight is 412 g/mol. The third-order valence-corrected chi connectivity index (χ3v) is 6.51. The summed E-state index contributed by atoms with van der Waals surface area (Å²) in [5, 5.41) is 11.7. The summed E-state index contributed by atoms with van der Waals surface area (Å²) < 4.78 is 2.32. The predicted octanol–water partition coefficient (Wildman–Crippen LogP) is 6.73. The lowest BCUT2D eigenvalue weighted by atomic mass is 9.90. The molecule has 0 amide bonds. The van der Waals surface area contributed by atoms with Gasteiger partial charge in [0.25, 0.3) is 0 Å². The smallest absolute Gasteiger partial charge is 0.331 e. The molecule has 0 atom stereocenters. The molecular weight excluding hydrogens is 390 g/mol. The monoisotopic (exact) mass is 411 g/mol. The van der Waals surface area contributed by atoms with Crippen molar-refractivity contribution in [3.63, 3.8) is 0 Å². The van der Waals surface area contributed by atoms with E-state index in [-0.39, 0.29) is 0 Å². The van der Waals surface area contributed by atoms with Gasteiger partial charge in [0.2, 0.25) is 0 Å². The first-order valence-corrected chi connectivity index (χ1v) is 11.1. The van der Waals surface area contributed by atoms with Crippen LogP contribution in [0.4, 0.5) is 0 Å². The van der Waals surface area contributed by atoms with Gasteiger partial charge in [0.05, 0.1) is 11.2 Å². The van der Waals surface area contributed by atoms with E-state index in [1.165, 1.54) is 15.8 Å². The summed E-state index contributed by atoms with van der Waals surface area (Å²) in [6, 6.07) is 14.2. The normalized spacial score (nSPS) is 15.5. The van der Waals surface area contributed by atoms with Gasteiger partial charge in [-0.05, 0) is 60.9 Å². The summed E-state index contributed by atoms with van der Waals surface area (Å²) >= 11 is 7.86. The van der Waals surface area contributed by atoms with Crippen molar-refractivity contribution in [2.24, 2.45) is 0 Å². The minimum Gasteiger partial charge on any atom is -0.478 e. The lowest BCUT2D eigenvalue weighted by Gasteiger charge is -2.23. The fraction of sp³-hybridized carbons (Fsp3) is 0.261. The van der Waals surface area contributed by atoms with Crippen LogP contribution in [-0.4, -0.2) is 21.9 Å². The van der Waals surface area contributed by atoms with E-state index in [0.29, 0.717) is 17.0 Å². The minimum absolute atomic E-state index is 0.516. The number of hydrogen-bond donors (Lipinski definition) is 1. The zero-order valence-corrected chi connectivity index (χ0v) is 17.5. The van der Waals surface area contributed by atoms with E-state index in [1.54, 1.807) is 11.8 Å². The largest absolute Gasteiger partial charge is 0.478 e. The number of allylic oxidation sites excluding steroid dienone is 1. The zero-order valence-electron chi connectivity index (χ0n) is 16.0. The molecular formula is C23H22ClNO2S. The van der Waals surface area contributed by atoms with Crippen molar-refractivity contribution in [3.8, 4) is 11.1 Å². The Morgan fingerprint density at radius 3 is 2.61 bits per heavy atom. The second-order valence-electron chi connectivity index (χ2n) is 6.96. The maximum absolute atomic E-state index is 12.0. The number of carboxylic acid groups (broad SMARTS) is 1. The molecule has 1 aliphatic rings. The van der Waals surface area contributed by atoms with E-state index in [1.807, 2.05) is 31.2 Å². The number of halogens is 1. The molecule has 0 spiro atoms. The van der Waals surface area contributed by atoms with E-state index < -0.39 is 5.97 Å². The van der Waals surface area contributed by atoms with Gasteiger partial charge in [0, 0.05) is 33.0 Å². The molecule has 3 nitrogen and oxygen atoms in total. The van der Waals surface area contributed by atoms with Crippen molar-refractivity contribution in [2.75, 3.05) is 6.26 Å². The Kier molecular flexibility index (Phi) is 5.26. The summed E-state index contributed by atoms with van der Waals surface area (Å²) in [5.74, 6) is -0.816. The van der Waals surface area contributed by atoms with Crippen molar-refractivity contribution in [3.05, 3.63) is 58.8 Å². The molecule has 144 valence electrons. The lowest BCUT2D eigenvalue weighted by molar-refractivity contribution is -0.132. The molecule has 3 aromatic rings. The van der Waals surface area contributed by atoms with Crippen LogP contribution in [-0.2, 0) is 11.3 Å². The third-order valence-electron chi connectivity index (χ3n) is 5.47. The number of benzene rings is 2. The molecule has 2 aromatic carbocycles. The third kappa shape index (κ3) is 3.05. The zero-order chi connectivity index (χ0) is 19.8. The van der Waals surface area contributed by atoms with Crippen LogP contribution in [0, 0.1) is 0 Å². The van der Waals surface area contributed by atoms with Crippen LogP contribution < -0.4 is 0 Å². The summed E-state index contributed by atoms with van der Waals surface area (Å²) in [6.45, 7) is 2.82. The molecule has 28 heavy (non-hydrogen) atoms. The Morgan fingerprint density at radius 2 is 1.96 bits per heavy atom. The van der Waals surface area contributed by atoms with Crippen LogP contribution in [0.25, 0.3) is 27.6 Å². The van der Waals surface area contributed by atoms with Crippen molar-refractivity contribution in [1.29, 1.82) is 0 Å². The van der Waals surface area contributed by atoms with Gasteiger partial charge >= 0.3 is 5.97 Å². The highest BCUT2D eigenvalue weighted by Gasteiger charge is 2.28. The van der Waals surface area contributed by atoms with Crippen molar-refractivity contribution in [2.45, 2.75) is 37.6 Å². The highest BCUT2D eigenvalue weighted by atomic mass is 35.5. The number of aryl methyl sites for hydroxylation is 1. The van der Waals surface area contributed by atoms with E-state index >= 15 is 0 Å². The summed E-state index contributed by atoms with van der Waals surface area (Å²) in [7, 11) is 0. The van der Waals surface area contributed by atoms with Gasteiger partial charge in [-0.1, -0.05) is 36.7 Å². The molecule has 1 aromatic heterocycles. The molecule has 2 heterocycles. The van der Waals surface area contributed by atoms with Crippen LogP contribution in [0.15, 0.2) is 52.9 Å². The van der Waals surface area contributed by atoms with Gasteiger partial charge in [-0.15, -0.1) is 11.8 Å². The Hall–Kier alpha value is -2.17. The molecule has 1 N–H and O–H groups in total. The molecule has 0 saturated heterocycles. The van der Waals surface area contributed by atoms with E-state index in [4.69, 9.17) is 11.6 Å². The van der Waals surface area contributed by atoms with Gasteiger partial charge in [-0.25, -0.2) is 4.79 Å². The quantitative estimate of drug-likeness (QED) is 0.382. The first-order chi connectivity index (χ1) is 13.6. The molecule has 0 saturated carbocycles. The van der Waals surface area contributed by atoms with Gasteiger partial charge in [-0.2, -0.15) is 0 Å². The standard InChI is InChI=1S/C23H22ClNO2S/c1-3-16(23(26)27)17-6-5-13-25-18-7-4-8-19(28-2)21(18)20(22(17)25)14-9-11-15(24)12-10-14/h4,7-12H,3,5-6,13H2,1-2H3,(H,26,27). The molecule has 0 aliphatic carbocycles. The summed E-state index contributed by atoms with van der Waals surface area (Å²) in [6.07, 6.45) is 4.34. The van der Waals surface area contributed by atoms with Crippen LogP contribution in [0.1, 0.15) is 31.9 Å². The number of nitrogens with zero attached hydrogens (tertiary/aromatic N) is 1. The van der Waals surface area contributed by atoms with E-state index in [0.717, 1.165) is 41.8 Å².